The predicted molar refractivity (Wildman–Crippen MR) is 44.4 cm³/mol. The van der Waals surface area contributed by atoms with Crippen LogP contribution in [0, 0.1) is 0 Å². The van der Waals surface area contributed by atoms with Crippen molar-refractivity contribution < 1.29 is 30.0 Å². The minimum Gasteiger partial charge on any atom is -0.394 e. The van der Waals surface area contributed by atoms with Crippen molar-refractivity contribution in [3.63, 3.8) is 0 Å². The monoisotopic (exact) mass is 207 g/mol. The van der Waals surface area contributed by atoms with Crippen molar-refractivity contribution in [2.75, 3.05) is 6.61 Å². The van der Waals surface area contributed by atoms with Crippen molar-refractivity contribution in [3.8, 4) is 0 Å². The molecule has 0 bridgehead atoms. The van der Waals surface area contributed by atoms with Gasteiger partial charge in [-0.2, -0.15) is 0 Å². The van der Waals surface area contributed by atoms with E-state index >= 15 is 0 Å². The molecule has 4 N–H and O–H groups in total. The number of hydrogen-bond donors (Lipinski definition) is 4. The second-order valence-corrected chi connectivity index (χ2v) is 2.93. The minimum atomic E-state index is -1.33. The normalized spacial score (nSPS) is 39.4. The van der Waals surface area contributed by atoms with Crippen molar-refractivity contribution in [1.82, 2.24) is 0 Å². The third kappa shape index (κ3) is 2.02. The van der Waals surface area contributed by atoms with E-state index in [0.29, 0.717) is 0 Å². The molecule has 1 rings (SSSR count). The molecule has 7 heteroatoms. The smallest absolute Gasteiger partial charge is 0.256 e. The Kier molecular flexibility index (Phi) is 3.78. The SMILES string of the molecule is C=NOC1OC(C(O)CO)C(O)C1O. The standard InChI is InChI=1S/C7H13NO6/c1-8-14-7-5(12)4(11)6(13-7)3(10)2-9/h3-7,9-12H,1-2H2. The maximum absolute atomic E-state index is 9.37. The van der Waals surface area contributed by atoms with E-state index in [9.17, 15) is 15.3 Å². The Labute approximate surface area is 80.2 Å². The first-order valence-electron chi connectivity index (χ1n) is 4.04. The Balaban J connectivity index is 2.61. The summed E-state index contributed by atoms with van der Waals surface area (Å²) in [5.74, 6) is 0. The van der Waals surface area contributed by atoms with Crippen LogP contribution in [0.3, 0.4) is 0 Å². The molecule has 1 aliphatic rings. The summed E-state index contributed by atoms with van der Waals surface area (Å²) in [6.45, 7) is 2.44. The summed E-state index contributed by atoms with van der Waals surface area (Å²) >= 11 is 0. The Hall–Kier alpha value is -0.730. The largest absolute Gasteiger partial charge is 0.394 e. The lowest BCUT2D eigenvalue weighted by Gasteiger charge is -2.18. The Morgan fingerprint density at radius 2 is 2.07 bits per heavy atom. The summed E-state index contributed by atoms with van der Waals surface area (Å²) < 4.78 is 4.91. The number of oxime groups is 1. The average molecular weight is 207 g/mol. The first kappa shape index (κ1) is 11.3. The molecule has 14 heavy (non-hydrogen) atoms. The van der Waals surface area contributed by atoms with Crippen LogP contribution in [0.1, 0.15) is 0 Å². The van der Waals surface area contributed by atoms with Gasteiger partial charge in [-0.1, -0.05) is 5.16 Å². The molecular weight excluding hydrogens is 194 g/mol. The fourth-order valence-corrected chi connectivity index (χ4v) is 1.25. The van der Waals surface area contributed by atoms with Gasteiger partial charge >= 0.3 is 0 Å². The molecule has 1 fully saturated rings. The molecule has 82 valence electrons. The van der Waals surface area contributed by atoms with Crippen molar-refractivity contribution in [3.05, 3.63) is 0 Å². The van der Waals surface area contributed by atoms with Crippen LogP contribution >= 0.6 is 0 Å². The highest BCUT2D eigenvalue weighted by Gasteiger charge is 2.47. The zero-order valence-electron chi connectivity index (χ0n) is 7.35. The van der Waals surface area contributed by atoms with Crippen molar-refractivity contribution in [1.29, 1.82) is 0 Å². The number of aliphatic hydroxyl groups excluding tert-OH is 4. The first-order valence-corrected chi connectivity index (χ1v) is 4.04. The zero-order valence-corrected chi connectivity index (χ0v) is 7.35. The van der Waals surface area contributed by atoms with Crippen LogP contribution in [-0.4, -0.2) is 64.5 Å². The van der Waals surface area contributed by atoms with Crippen LogP contribution in [0.4, 0.5) is 0 Å². The lowest BCUT2D eigenvalue weighted by molar-refractivity contribution is -0.180. The number of nitrogens with zero attached hydrogens (tertiary/aromatic N) is 1. The molecule has 1 saturated heterocycles. The lowest BCUT2D eigenvalue weighted by atomic mass is 10.1. The fraction of sp³-hybridized carbons (Fsp3) is 0.857. The van der Waals surface area contributed by atoms with Gasteiger partial charge in [0, 0.05) is 6.72 Å². The van der Waals surface area contributed by atoms with Gasteiger partial charge in [-0.3, -0.25) is 0 Å². The quantitative estimate of drug-likeness (QED) is 0.297. The Bertz CT molecular complexity index is 201. The van der Waals surface area contributed by atoms with Crippen molar-refractivity contribution >= 4 is 6.72 Å². The molecule has 0 aliphatic carbocycles. The van der Waals surface area contributed by atoms with Crippen LogP contribution < -0.4 is 0 Å². The van der Waals surface area contributed by atoms with Gasteiger partial charge in [0.25, 0.3) is 6.29 Å². The first-order chi connectivity index (χ1) is 6.61. The van der Waals surface area contributed by atoms with Gasteiger partial charge in [0.05, 0.1) is 6.61 Å². The summed E-state index contributed by atoms with van der Waals surface area (Å²) in [4.78, 5) is 4.50. The van der Waals surface area contributed by atoms with E-state index in [0.717, 1.165) is 0 Å². The van der Waals surface area contributed by atoms with E-state index in [2.05, 4.69) is 16.7 Å². The summed E-state index contributed by atoms with van der Waals surface area (Å²) in [5, 5.41) is 39.5. The van der Waals surface area contributed by atoms with E-state index < -0.39 is 37.3 Å². The van der Waals surface area contributed by atoms with Crippen LogP contribution in [0.5, 0.6) is 0 Å². The Morgan fingerprint density at radius 1 is 1.43 bits per heavy atom. The highest BCUT2D eigenvalue weighted by Crippen LogP contribution is 2.24. The second-order valence-electron chi connectivity index (χ2n) is 2.93. The van der Waals surface area contributed by atoms with Gasteiger partial charge in [0.15, 0.2) is 0 Å². The second kappa shape index (κ2) is 4.67. The van der Waals surface area contributed by atoms with Crippen molar-refractivity contribution in [2.45, 2.75) is 30.7 Å². The maximum atomic E-state index is 9.37. The topological polar surface area (TPSA) is 112 Å². The van der Waals surface area contributed by atoms with Crippen LogP contribution in [0.2, 0.25) is 0 Å². The van der Waals surface area contributed by atoms with Crippen LogP contribution in [0.15, 0.2) is 5.16 Å². The highest BCUT2D eigenvalue weighted by atomic mass is 16.8. The molecule has 0 amide bonds. The van der Waals surface area contributed by atoms with E-state index in [4.69, 9.17) is 9.84 Å². The Morgan fingerprint density at radius 3 is 2.57 bits per heavy atom. The number of aliphatic hydroxyl groups is 4. The van der Waals surface area contributed by atoms with Gasteiger partial charge in [0.2, 0.25) is 0 Å². The van der Waals surface area contributed by atoms with Gasteiger partial charge < -0.3 is 30.0 Å². The summed E-state index contributed by atoms with van der Waals surface area (Å²) in [7, 11) is 0. The van der Waals surface area contributed by atoms with Gasteiger partial charge in [0.1, 0.15) is 24.4 Å². The molecule has 7 nitrogen and oxygen atoms in total. The third-order valence-electron chi connectivity index (χ3n) is 2.00. The fourth-order valence-electron chi connectivity index (χ4n) is 1.25. The van der Waals surface area contributed by atoms with E-state index in [1.54, 1.807) is 0 Å². The number of hydrogen-bond acceptors (Lipinski definition) is 7. The predicted octanol–water partition coefficient (Wildman–Crippen LogP) is -2.58. The molecule has 5 atom stereocenters. The number of ether oxygens (including phenoxy) is 1. The molecular formula is C7H13NO6. The minimum absolute atomic E-state index is 0.581. The third-order valence-corrected chi connectivity index (χ3v) is 2.00. The molecule has 0 radical (unpaired) electrons. The van der Waals surface area contributed by atoms with Gasteiger partial charge in [-0.25, -0.2) is 0 Å². The molecule has 0 aromatic rings. The van der Waals surface area contributed by atoms with Crippen LogP contribution in [-0.2, 0) is 9.57 Å². The summed E-state index contributed by atoms with van der Waals surface area (Å²) in [6, 6.07) is 0. The highest BCUT2D eigenvalue weighted by molar-refractivity contribution is 5.21. The zero-order chi connectivity index (χ0) is 10.7. The molecule has 5 unspecified atom stereocenters. The van der Waals surface area contributed by atoms with Gasteiger partial charge in [-0.05, 0) is 0 Å². The lowest BCUT2D eigenvalue weighted by Crippen LogP contribution is -2.40. The molecule has 0 aromatic carbocycles. The van der Waals surface area contributed by atoms with Gasteiger partial charge in [-0.15, -0.1) is 0 Å². The summed E-state index contributed by atoms with van der Waals surface area (Å²) in [5.41, 5.74) is 0. The summed E-state index contributed by atoms with van der Waals surface area (Å²) in [6.07, 6.45) is -6.20. The maximum Gasteiger partial charge on any atom is 0.256 e. The molecule has 0 aromatic heterocycles. The average Bonchev–Trinajstić information content (AvgIpc) is 2.46. The van der Waals surface area contributed by atoms with Crippen molar-refractivity contribution in [2.24, 2.45) is 5.16 Å². The van der Waals surface area contributed by atoms with E-state index in [1.807, 2.05) is 0 Å². The van der Waals surface area contributed by atoms with E-state index in [-0.39, 0.29) is 0 Å². The van der Waals surface area contributed by atoms with Crippen LogP contribution in [0.25, 0.3) is 0 Å². The molecule has 1 heterocycles. The molecule has 0 spiro atoms. The molecule has 1 aliphatic heterocycles. The molecule has 0 saturated carbocycles. The van der Waals surface area contributed by atoms with E-state index in [1.165, 1.54) is 0 Å². The number of rotatable bonds is 4.